The Morgan fingerprint density at radius 2 is 1.70 bits per heavy atom. The fourth-order valence-electron chi connectivity index (χ4n) is 3.39. The van der Waals surface area contributed by atoms with Gasteiger partial charge in [0.25, 0.3) is 5.91 Å². The zero-order valence-electron chi connectivity index (χ0n) is 16.5. The van der Waals surface area contributed by atoms with E-state index in [9.17, 15) is 13.2 Å². The summed E-state index contributed by atoms with van der Waals surface area (Å²) in [6.45, 7) is 2.05. The Morgan fingerprint density at radius 1 is 1.00 bits per heavy atom. The molecule has 0 unspecified atom stereocenters. The van der Waals surface area contributed by atoms with E-state index < -0.39 is 10.0 Å². The molecule has 0 saturated heterocycles. The van der Waals surface area contributed by atoms with E-state index in [1.807, 2.05) is 30.3 Å². The van der Waals surface area contributed by atoms with Crippen molar-refractivity contribution in [3.8, 4) is 11.5 Å². The van der Waals surface area contributed by atoms with Gasteiger partial charge in [-0.15, -0.1) is 0 Å². The van der Waals surface area contributed by atoms with Crippen molar-refractivity contribution in [3.63, 3.8) is 0 Å². The number of ether oxygens (including phenoxy) is 1. The largest absolute Gasteiger partial charge is 0.457 e. The van der Waals surface area contributed by atoms with Gasteiger partial charge in [0.2, 0.25) is 10.0 Å². The number of rotatable bonds is 6. The Balaban J connectivity index is 1.44. The number of hydrogen-bond donors (Lipinski definition) is 1. The molecular weight excluding hydrogens is 400 g/mol. The summed E-state index contributed by atoms with van der Waals surface area (Å²) >= 11 is 0. The molecule has 1 N–H and O–H groups in total. The lowest BCUT2D eigenvalue weighted by molar-refractivity contribution is 0.102. The van der Waals surface area contributed by atoms with Crippen molar-refractivity contribution >= 4 is 27.3 Å². The normalized spacial score (nSPS) is 13.0. The highest BCUT2D eigenvalue weighted by atomic mass is 32.2. The van der Waals surface area contributed by atoms with Crippen LogP contribution in [0.15, 0.2) is 72.8 Å². The molecule has 3 aromatic rings. The molecular formula is C23H22N2O4S. The molecule has 154 valence electrons. The second-order valence-corrected chi connectivity index (χ2v) is 9.14. The van der Waals surface area contributed by atoms with Gasteiger partial charge >= 0.3 is 0 Å². The smallest absolute Gasteiger partial charge is 0.255 e. The van der Waals surface area contributed by atoms with Gasteiger partial charge in [-0.05, 0) is 73.5 Å². The number of fused-ring (bicyclic) bond motifs is 1. The zero-order valence-corrected chi connectivity index (χ0v) is 17.4. The second-order valence-electron chi connectivity index (χ2n) is 6.96. The molecule has 1 aliphatic heterocycles. The van der Waals surface area contributed by atoms with Crippen LogP contribution in [0.1, 0.15) is 22.8 Å². The van der Waals surface area contributed by atoms with E-state index >= 15 is 0 Å². The number of amides is 1. The van der Waals surface area contributed by atoms with Gasteiger partial charge < -0.3 is 10.1 Å². The van der Waals surface area contributed by atoms with Gasteiger partial charge in [0, 0.05) is 17.8 Å². The van der Waals surface area contributed by atoms with Crippen molar-refractivity contribution in [2.24, 2.45) is 0 Å². The summed E-state index contributed by atoms with van der Waals surface area (Å²) in [4.78, 5) is 12.7. The summed E-state index contributed by atoms with van der Waals surface area (Å²) < 4.78 is 31.6. The minimum Gasteiger partial charge on any atom is -0.457 e. The summed E-state index contributed by atoms with van der Waals surface area (Å²) in [7, 11) is -3.30. The van der Waals surface area contributed by atoms with Crippen LogP contribution in [0.3, 0.4) is 0 Å². The fourth-order valence-corrected chi connectivity index (χ4v) is 4.55. The Labute approximate surface area is 176 Å². The van der Waals surface area contributed by atoms with Gasteiger partial charge in [-0.2, -0.15) is 0 Å². The van der Waals surface area contributed by atoms with Crippen molar-refractivity contribution in [2.45, 2.75) is 13.3 Å². The molecule has 30 heavy (non-hydrogen) atoms. The molecule has 0 fully saturated rings. The molecule has 1 amide bonds. The maximum absolute atomic E-state index is 12.7. The first-order valence-electron chi connectivity index (χ1n) is 9.74. The third kappa shape index (κ3) is 4.16. The minimum absolute atomic E-state index is 0.0542. The summed E-state index contributed by atoms with van der Waals surface area (Å²) in [5, 5.41) is 2.87. The molecule has 0 spiro atoms. The van der Waals surface area contributed by atoms with Crippen LogP contribution in [-0.2, 0) is 16.4 Å². The monoisotopic (exact) mass is 422 g/mol. The van der Waals surface area contributed by atoms with Crippen LogP contribution in [0.2, 0.25) is 0 Å². The maximum Gasteiger partial charge on any atom is 0.255 e. The van der Waals surface area contributed by atoms with Crippen molar-refractivity contribution in [1.29, 1.82) is 0 Å². The minimum atomic E-state index is -3.30. The van der Waals surface area contributed by atoms with Gasteiger partial charge in [-0.25, -0.2) is 8.42 Å². The van der Waals surface area contributed by atoms with Gasteiger partial charge in [-0.3, -0.25) is 9.10 Å². The van der Waals surface area contributed by atoms with E-state index in [0.717, 1.165) is 11.3 Å². The van der Waals surface area contributed by atoms with Gasteiger partial charge in [0.1, 0.15) is 11.5 Å². The lowest BCUT2D eigenvalue weighted by Crippen LogP contribution is -2.30. The highest BCUT2D eigenvalue weighted by Crippen LogP contribution is 2.31. The average molecular weight is 423 g/mol. The zero-order chi connectivity index (χ0) is 21.1. The first-order valence-corrected chi connectivity index (χ1v) is 11.3. The molecule has 0 aliphatic carbocycles. The summed E-state index contributed by atoms with van der Waals surface area (Å²) in [6, 6.07) is 21.7. The first-order chi connectivity index (χ1) is 14.5. The third-order valence-corrected chi connectivity index (χ3v) is 6.77. The quantitative estimate of drug-likeness (QED) is 0.637. The van der Waals surface area contributed by atoms with E-state index in [4.69, 9.17) is 4.74 Å². The lowest BCUT2D eigenvalue weighted by atomic mass is 10.1. The molecule has 6 nitrogen and oxygen atoms in total. The third-order valence-electron chi connectivity index (χ3n) is 4.99. The Hall–Kier alpha value is -3.32. The van der Waals surface area contributed by atoms with E-state index in [1.54, 1.807) is 49.4 Å². The Kier molecular flexibility index (Phi) is 5.46. The summed E-state index contributed by atoms with van der Waals surface area (Å²) in [5.41, 5.74) is 2.67. The first kappa shape index (κ1) is 20.0. The molecule has 0 radical (unpaired) electrons. The molecule has 0 bridgehead atoms. The lowest BCUT2D eigenvalue weighted by Gasteiger charge is -2.18. The second kappa shape index (κ2) is 8.20. The van der Waals surface area contributed by atoms with Crippen LogP contribution >= 0.6 is 0 Å². The summed E-state index contributed by atoms with van der Waals surface area (Å²) in [6.07, 6.45) is 0.598. The van der Waals surface area contributed by atoms with Gasteiger partial charge in [0.15, 0.2) is 0 Å². The molecule has 0 saturated carbocycles. The van der Waals surface area contributed by atoms with Crippen LogP contribution in [0.4, 0.5) is 11.4 Å². The number of carbonyl (C=O) groups is 1. The Bertz CT molecular complexity index is 1160. The number of anilines is 2. The summed E-state index contributed by atoms with van der Waals surface area (Å²) in [5.74, 6) is 1.23. The molecule has 1 heterocycles. The molecule has 0 aromatic heterocycles. The van der Waals surface area contributed by atoms with Crippen LogP contribution in [-0.4, -0.2) is 26.6 Å². The van der Waals surface area contributed by atoms with E-state index in [-0.39, 0.29) is 11.7 Å². The standard InChI is InChI=1S/C23H22N2O4S/c1-2-30(27,28)25-15-14-17-16-18(8-13-22(17)25)23(26)24-19-9-11-21(12-10-19)29-20-6-4-3-5-7-20/h3-13,16H,2,14-15H2,1H3,(H,24,26). The van der Waals surface area contributed by atoms with Crippen LogP contribution in [0.25, 0.3) is 0 Å². The predicted molar refractivity (Wildman–Crippen MR) is 118 cm³/mol. The Morgan fingerprint density at radius 3 is 2.40 bits per heavy atom. The van der Waals surface area contributed by atoms with E-state index in [2.05, 4.69) is 5.32 Å². The van der Waals surface area contributed by atoms with Crippen LogP contribution in [0.5, 0.6) is 11.5 Å². The van der Waals surface area contributed by atoms with Gasteiger partial charge in [0.05, 0.1) is 11.4 Å². The van der Waals surface area contributed by atoms with E-state index in [0.29, 0.717) is 35.7 Å². The predicted octanol–water partition coefficient (Wildman–Crippen LogP) is 4.44. The van der Waals surface area contributed by atoms with Crippen LogP contribution in [0, 0.1) is 0 Å². The molecule has 0 atom stereocenters. The number of hydrogen-bond acceptors (Lipinski definition) is 4. The molecule has 3 aromatic carbocycles. The number of carbonyl (C=O) groups excluding carboxylic acids is 1. The van der Waals surface area contributed by atoms with Crippen molar-refractivity contribution in [2.75, 3.05) is 21.9 Å². The number of sulfonamides is 1. The molecule has 1 aliphatic rings. The molecule has 4 rings (SSSR count). The molecule has 7 heteroatoms. The number of benzene rings is 3. The number of para-hydroxylation sites is 1. The average Bonchev–Trinajstić information content (AvgIpc) is 3.20. The number of nitrogens with zero attached hydrogens (tertiary/aromatic N) is 1. The van der Waals surface area contributed by atoms with Crippen molar-refractivity contribution in [1.82, 2.24) is 0 Å². The van der Waals surface area contributed by atoms with E-state index in [1.165, 1.54) is 4.31 Å². The highest BCUT2D eigenvalue weighted by Gasteiger charge is 2.28. The fraction of sp³-hybridized carbons (Fsp3) is 0.174. The highest BCUT2D eigenvalue weighted by molar-refractivity contribution is 7.92. The van der Waals surface area contributed by atoms with Crippen molar-refractivity contribution in [3.05, 3.63) is 83.9 Å². The topological polar surface area (TPSA) is 75.7 Å². The van der Waals surface area contributed by atoms with Gasteiger partial charge in [-0.1, -0.05) is 18.2 Å². The van der Waals surface area contributed by atoms with Crippen molar-refractivity contribution < 1.29 is 17.9 Å². The SMILES string of the molecule is CCS(=O)(=O)N1CCc2cc(C(=O)Nc3ccc(Oc4ccccc4)cc3)ccc21. The maximum atomic E-state index is 12.7. The number of nitrogens with one attached hydrogen (secondary N) is 1. The van der Waals surface area contributed by atoms with Crippen LogP contribution < -0.4 is 14.4 Å².